The minimum Gasteiger partial charge on any atom is -0.370 e. The van der Waals surface area contributed by atoms with E-state index in [0.29, 0.717) is 12.0 Å². The molecule has 0 aliphatic carbocycles. The molecule has 0 aromatic heterocycles. The summed E-state index contributed by atoms with van der Waals surface area (Å²) in [6.07, 6.45) is 1.23. The number of hydrogen-bond donors (Lipinski definition) is 1. The van der Waals surface area contributed by atoms with Crippen molar-refractivity contribution in [1.29, 1.82) is 0 Å². The third-order valence-corrected chi connectivity index (χ3v) is 4.92. The number of benzene rings is 1. The number of halogens is 1. The van der Waals surface area contributed by atoms with E-state index in [0.717, 1.165) is 19.6 Å². The van der Waals surface area contributed by atoms with E-state index in [1.54, 1.807) is 0 Å². The first-order chi connectivity index (χ1) is 8.63. The van der Waals surface area contributed by atoms with Crippen molar-refractivity contribution in [3.63, 3.8) is 0 Å². The Bertz CT molecular complexity index is 405. The van der Waals surface area contributed by atoms with Crippen LogP contribution >= 0.6 is 15.9 Å². The molecule has 0 amide bonds. The maximum Gasteiger partial charge on any atom is 0.0513 e. The van der Waals surface area contributed by atoms with Crippen LogP contribution in [-0.2, 0) is 0 Å². The van der Waals surface area contributed by atoms with Crippen molar-refractivity contribution in [1.82, 2.24) is 5.32 Å². The molecule has 0 radical (unpaired) electrons. The summed E-state index contributed by atoms with van der Waals surface area (Å²) in [5.41, 5.74) is 2.66. The molecular formula is C15H23BrN2. The quantitative estimate of drug-likeness (QED) is 0.918. The molecule has 1 N–H and O–H groups in total. The molecule has 0 bridgehead atoms. The Hall–Kier alpha value is -0.540. The Morgan fingerprint density at radius 3 is 2.89 bits per heavy atom. The predicted molar refractivity (Wildman–Crippen MR) is 82.3 cm³/mol. The summed E-state index contributed by atoms with van der Waals surface area (Å²) in [4.78, 5) is 2.51. The molecule has 2 rings (SSSR count). The molecule has 0 spiro atoms. The molecule has 0 saturated carbocycles. The van der Waals surface area contributed by atoms with Crippen LogP contribution in [0.15, 0.2) is 22.7 Å². The zero-order valence-electron chi connectivity index (χ0n) is 11.5. The Morgan fingerprint density at radius 1 is 1.44 bits per heavy atom. The van der Waals surface area contributed by atoms with Gasteiger partial charge in [-0.05, 0) is 53.4 Å². The number of hydrogen-bond acceptors (Lipinski definition) is 2. The van der Waals surface area contributed by atoms with Crippen molar-refractivity contribution in [3.8, 4) is 0 Å². The van der Waals surface area contributed by atoms with Gasteiger partial charge in [0.15, 0.2) is 0 Å². The number of aryl methyl sites for hydroxylation is 1. The lowest BCUT2D eigenvalue weighted by Crippen LogP contribution is -2.48. The highest BCUT2D eigenvalue weighted by molar-refractivity contribution is 9.10. The van der Waals surface area contributed by atoms with Gasteiger partial charge < -0.3 is 10.2 Å². The maximum atomic E-state index is 3.72. The SMILES string of the molecule is CCNC1CCN(c2cccc(C)c2Br)CC1C. The summed E-state index contributed by atoms with van der Waals surface area (Å²) >= 11 is 3.72. The Morgan fingerprint density at radius 2 is 2.22 bits per heavy atom. The Balaban J connectivity index is 2.10. The summed E-state index contributed by atoms with van der Waals surface area (Å²) in [5, 5.41) is 3.59. The van der Waals surface area contributed by atoms with Crippen LogP contribution < -0.4 is 10.2 Å². The van der Waals surface area contributed by atoms with Crippen molar-refractivity contribution in [3.05, 3.63) is 28.2 Å². The summed E-state index contributed by atoms with van der Waals surface area (Å²) in [7, 11) is 0. The van der Waals surface area contributed by atoms with E-state index in [4.69, 9.17) is 0 Å². The number of piperidine rings is 1. The number of anilines is 1. The van der Waals surface area contributed by atoms with Crippen LogP contribution in [0.5, 0.6) is 0 Å². The second kappa shape index (κ2) is 6.07. The molecule has 2 unspecified atom stereocenters. The van der Waals surface area contributed by atoms with Gasteiger partial charge in [-0.3, -0.25) is 0 Å². The van der Waals surface area contributed by atoms with E-state index in [9.17, 15) is 0 Å². The summed E-state index contributed by atoms with van der Waals surface area (Å²) in [5.74, 6) is 0.700. The molecule has 3 heteroatoms. The zero-order valence-corrected chi connectivity index (χ0v) is 13.1. The first-order valence-electron chi connectivity index (χ1n) is 6.87. The van der Waals surface area contributed by atoms with Crippen LogP contribution in [0, 0.1) is 12.8 Å². The van der Waals surface area contributed by atoms with Gasteiger partial charge in [-0.15, -0.1) is 0 Å². The molecular weight excluding hydrogens is 288 g/mol. The molecule has 1 aromatic rings. The normalized spacial score (nSPS) is 24.3. The predicted octanol–water partition coefficient (Wildman–Crippen LogP) is 3.58. The second-order valence-corrected chi connectivity index (χ2v) is 6.08. The van der Waals surface area contributed by atoms with Gasteiger partial charge in [-0.2, -0.15) is 0 Å². The fourth-order valence-electron chi connectivity index (χ4n) is 2.81. The van der Waals surface area contributed by atoms with Gasteiger partial charge in [-0.25, -0.2) is 0 Å². The van der Waals surface area contributed by atoms with E-state index >= 15 is 0 Å². The minimum absolute atomic E-state index is 0.676. The lowest BCUT2D eigenvalue weighted by molar-refractivity contribution is 0.326. The standard InChI is InChI=1S/C15H23BrN2/c1-4-17-13-8-9-18(10-12(13)3)14-7-5-6-11(2)15(14)16/h5-7,12-13,17H,4,8-10H2,1-3H3. The summed E-state index contributed by atoms with van der Waals surface area (Å²) in [6.45, 7) is 10.1. The molecule has 1 aliphatic heterocycles. The van der Waals surface area contributed by atoms with Crippen LogP contribution in [-0.4, -0.2) is 25.7 Å². The van der Waals surface area contributed by atoms with Gasteiger partial charge in [0.1, 0.15) is 0 Å². The first kappa shape index (κ1) is 13.9. The van der Waals surface area contributed by atoms with Crippen LogP contribution in [0.1, 0.15) is 25.8 Å². The third-order valence-electron chi connectivity index (χ3n) is 3.88. The third kappa shape index (κ3) is 2.89. The number of nitrogens with one attached hydrogen (secondary N) is 1. The number of nitrogens with zero attached hydrogens (tertiary/aromatic N) is 1. The zero-order chi connectivity index (χ0) is 13.1. The van der Waals surface area contributed by atoms with Gasteiger partial charge in [-0.1, -0.05) is 26.0 Å². The van der Waals surface area contributed by atoms with Crippen LogP contribution in [0.3, 0.4) is 0 Å². The molecule has 1 aliphatic rings. The Kier molecular flexibility index (Phi) is 4.68. The number of rotatable bonds is 3. The van der Waals surface area contributed by atoms with E-state index < -0.39 is 0 Å². The van der Waals surface area contributed by atoms with E-state index in [-0.39, 0.29) is 0 Å². The van der Waals surface area contributed by atoms with Crippen molar-refractivity contribution >= 4 is 21.6 Å². The van der Waals surface area contributed by atoms with Crippen LogP contribution in [0.4, 0.5) is 5.69 Å². The topological polar surface area (TPSA) is 15.3 Å². The molecule has 1 aromatic carbocycles. The minimum atomic E-state index is 0.676. The molecule has 2 atom stereocenters. The van der Waals surface area contributed by atoms with Gasteiger partial charge >= 0.3 is 0 Å². The monoisotopic (exact) mass is 310 g/mol. The summed E-state index contributed by atoms with van der Waals surface area (Å²) < 4.78 is 1.25. The highest BCUT2D eigenvalue weighted by Crippen LogP contribution is 2.32. The van der Waals surface area contributed by atoms with E-state index in [1.807, 2.05) is 0 Å². The largest absolute Gasteiger partial charge is 0.370 e. The van der Waals surface area contributed by atoms with E-state index in [2.05, 4.69) is 65.1 Å². The average molecular weight is 311 g/mol. The Labute approximate surface area is 119 Å². The fraction of sp³-hybridized carbons (Fsp3) is 0.600. The average Bonchev–Trinajstić information content (AvgIpc) is 2.35. The lowest BCUT2D eigenvalue weighted by atomic mass is 9.93. The highest BCUT2D eigenvalue weighted by Gasteiger charge is 2.26. The first-order valence-corrected chi connectivity index (χ1v) is 7.66. The van der Waals surface area contributed by atoms with E-state index in [1.165, 1.54) is 22.1 Å². The molecule has 2 nitrogen and oxygen atoms in total. The van der Waals surface area contributed by atoms with Crippen LogP contribution in [0.2, 0.25) is 0 Å². The molecule has 1 saturated heterocycles. The van der Waals surface area contributed by atoms with Gasteiger partial charge in [0.2, 0.25) is 0 Å². The molecule has 100 valence electrons. The molecule has 1 heterocycles. The second-order valence-electron chi connectivity index (χ2n) is 5.28. The van der Waals surface area contributed by atoms with Crippen molar-refractivity contribution in [2.75, 3.05) is 24.5 Å². The van der Waals surface area contributed by atoms with Gasteiger partial charge in [0.05, 0.1) is 5.69 Å². The lowest BCUT2D eigenvalue weighted by Gasteiger charge is -2.39. The van der Waals surface area contributed by atoms with Crippen molar-refractivity contribution in [2.24, 2.45) is 5.92 Å². The maximum absolute atomic E-state index is 3.72. The van der Waals surface area contributed by atoms with Gasteiger partial charge in [0, 0.05) is 23.6 Å². The molecule has 1 fully saturated rings. The van der Waals surface area contributed by atoms with Crippen LogP contribution in [0.25, 0.3) is 0 Å². The van der Waals surface area contributed by atoms with Crippen molar-refractivity contribution < 1.29 is 0 Å². The van der Waals surface area contributed by atoms with Crippen molar-refractivity contribution in [2.45, 2.75) is 33.2 Å². The van der Waals surface area contributed by atoms with Gasteiger partial charge in [0.25, 0.3) is 0 Å². The highest BCUT2D eigenvalue weighted by atomic mass is 79.9. The summed E-state index contributed by atoms with van der Waals surface area (Å²) in [6, 6.07) is 7.20. The smallest absolute Gasteiger partial charge is 0.0513 e. The fourth-order valence-corrected chi connectivity index (χ4v) is 3.32. The molecule has 18 heavy (non-hydrogen) atoms.